The maximum absolute atomic E-state index is 10.7. The molecule has 0 heterocycles. The second-order valence-electron chi connectivity index (χ2n) is 3.38. The second-order valence-corrected chi connectivity index (χ2v) is 3.38. The lowest BCUT2D eigenvalue weighted by atomic mass is 9.99. The van der Waals surface area contributed by atoms with Crippen molar-refractivity contribution in [2.75, 3.05) is 13.7 Å². The first kappa shape index (κ1) is 11.0. The van der Waals surface area contributed by atoms with Crippen LogP contribution in [-0.4, -0.2) is 25.4 Å². The van der Waals surface area contributed by atoms with E-state index in [0.29, 0.717) is 6.61 Å². The van der Waals surface area contributed by atoms with E-state index < -0.39 is 0 Å². The molecule has 0 aromatic carbocycles. The fourth-order valence-corrected chi connectivity index (χ4v) is 1.42. The van der Waals surface area contributed by atoms with Crippen LogP contribution in [0.1, 0.15) is 38.5 Å². The number of esters is 1. The minimum Gasteiger partial charge on any atom is -0.469 e. The topological polar surface area (TPSA) is 47.9 Å². The number of methoxy groups -OCH3 is 1. The molecule has 1 aliphatic rings. The number of carbonyl (C=O) groups excluding carboxylic acids is 1. The Balaban J connectivity index is 2.09. The number of nitrogens with zero attached hydrogens (tertiary/aromatic N) is 1. The molecule has 80 valence electrons. The van der Waals surface area contributed by atoms with E-state index in [9.17, 15) is 4.79 Å². The predicted molar refractivity (Wildman–Crippen MR) is 53.1 cm³/mol. The average Bonchev–Trinajstić information content (AvgIpc) is 2.25. The molecule has 1 aliphatic carbocycles. The van der Waals surface area contributed by atoms with Gasteiger partial charge in [0.25, 0.3) is 0 Å². The smallest absolute Gasteiger partial charge is 0.309 e. The fraction of sp³-hybridized carbons (Fsp3) is 0.800. The Labute approximate surface area is 84.3 Å². The van der Waals surface area contributed by atoms with Crippen molar-refractivity contribution >= 4 is 11.7 Å². The second kappa shape index (κ2) is 6.40. The van der Waals surface area contributed by atoms with Crippen LogP contribution in [0.5, 0.6) is 0 Å². The van der Waals surface area contributed by atoms with Crippen molar-refractivity contribution in [2.45, 2.75) is 38.5 Å². The molecule has 1 rings (SSSR count). The molecule has 4 nitrogen and oxygen atoms in total. The van der Waals surface area contributed by atoms with Crippen LogP contribution in [0.3, 0.4) is 0 Å². The number of hydrogen-bond acceptors (Lipinski definition) is 4. The highest BCUT2D eigenvalue weighted by molar-refractivity contribution is 5.84. The molecule has 1 saturated carbocycles. The van der Waals surface area contributed by atoms with Crippen LogP contribution < -0.4 is 0 Å². The molecule has 0 saturated heterocycles. The predicted octanol–water partition coefficient (Wildman–Crippen LogP) is 1.89. The molecule has 0 amide bonds. The summed E-state index contributed by atoms with van der Waals surface area (Å²) in [5.41, 5.74) is 1.13. The van der Waals surface area contributed by atoms with Gasteiger partial charge in [0.15, 0.2) is 0 Å². The molecule has 0 unspecified atom stereocenters. The van der Waals surface area contributed by atoms with E-state index in [0.717, 1.165) is 18.6 Å². The van der Waals surface area contributed by atoms with Crippen LogP contribution in [0.15, 0.2) is 5.16 Å². The van der Waals surface area contributed by atoms with E-state index in [1.54, 1.807) is 0 Å². The van der Waals surface area contributed by atoms with E-state index in [1.165, 1.54) is 26.4 Å². The van der Waals surface area contributed by atoms with Gasteiger partial charge in [0.05, 0.1) is 19.2 Å². The van der Waals surface area contributed by atoms with Crippen molar-refractivity contribution in [1.29, 1.82) is 0 Å². The summed E-state index contributed by atoms with van der Waals surface area (Å²) < 4.78 is 4.47. The Morgan fingerprint density at radius 2 is 2.07 bits per heavy atom. The van der Waals surface area contributed by atoms with Crippen LogP contribution in [0, 0.1) is 0 Å². The number of carbonyl (C=O) groups is 1. The minimum absolute atomic E-state index is 0.256. The first-order chi connectivity index (χ1) is 6.83. The van der Waals surface area contributed by atoms with E-state index in [-0.39, 0.29) is 12.4 Å². The Morgan fingerprint density at radius 3 is 2.71 bits per heavy atom. The molecule has 14 heavy (non-hydrogen) atoms. The Kier molecular flexibility index (Phi) is 5.04. The van der Waals surface area contributed by atoms with Gasteiger partial charge in [-0.2, -0.15) is 0 Å². The zero-order valence-electron chi connectivity index (χ0n) is 8.62. The van der Waals surface area contributed by atoms with Gasteiger partial charge in [0.2, 0.25) is 0 Å². The number of rotatable bonds is 4. The molecule has 0 aromatic heterocycles. The third-order valence-electron chi connectivity index (χ3n) is 2.25. The van der Waals surface area contributed by atoms with Gasteiger partial charge in [-0.25, -0.2) is 0 Å². The highest BCUT2D eigenvalue weighted by Crippen LogP contribution is 2.14. The molecular weight excluding hydrogens is 182 g/mol. The van der Waals surface area contributed by atoms with Crippen molar-refractivity contribution in [3.05, 3.63) is 0 Å². The van der Waals surface area contributed by atoms with Gasteiger partial charge < -0.3 is 9.57 Å². The summed E-state index contributed by atoms with van der Waals surface area (Å²) in [4.78, 5) is 15.7. The van der Waals surface area contributed by atoms with Gasteiger partial charge >= 0.3 is 5.97 Å². The number of hydrogen-bond donors (Lipinski definition) is 0. The summed E-state index contributed by atoms with van der Waals surface area (Å²) in [6.07, 6.45) is 6.06. The monoisotopic (exact) mass is 199 g/mol. The van der Waals surface area contributed by atoms with Crippen LogP contribution in [-0.2, 0) is 14.4 Å². The molecule has 4 heteroatoms. The van der Waals surface area contributed by atoms with E-state index in [2.05, 4.69) is 9.89 Å². The third kappa shape index (κ3) is 4.25. The fourth-order valence-electron chi connectivity index (χ4n) is 1.42. The van der Waals surface area contributed by atoms with Gasteiger partial charge in [-0.1, -0.05) is 11.6 Å². The molecule has 0 spiro atoms. The van der Waals surface area contributed by atoms with Gasteiger partial charge in [-0.3, -0.25) is 4.79 Å². The van der Waals surface area contributed by atoms with E-state index >= 15 is 0 Å². The van der Waals surface area contributed by atoms with Crippen molar-refractivity contribution in [3.63, 3.8) is 0 Å². The van der Waals surface area contributed by atoms with E-state index in [4.69, 9.17) is 4.84 Å². The van der Waals surface area contributed by atoms with Gasteiger partial charge in [0, 0.05) is 0 Å². The molecule has 0 aromatic rings. The van der Waals surface area contributed by atoms with Gasteiger partial charge in [0.1, 0.15) is 6.61 Å². The molecular formula is C10H17NO3. The maximum atomic E-state index is 10.7. The van der Waals surface area contributed by atoms with Crippen LogP contribution in [0.25, 0.3) is 0 Å². The van der Waals surface area contributed by atoms with Crippen molar-refractivity contribution < 1.29 is 14.4 Å². The summed E-state index contributed by atoms with van der Waals surface area (Å²) in [6.45, 7) is 0.316. The summed E-state index contributed by atoms with van der Waals surface area (Å²) in [5.74, 6) is -0.256. The first-order valence-electron chi connectivity index (χ1n) is 5.07. The zero-order valence-corrected chi connectivity index (χ0v) is 8.62. The van der Waals surface area contributed by atoms with Gasteiger partial charge in [-0.05, 0) is 25.7 Å². The molecule has 0 bridgehead atoms. The van der Waals surface area contributed by atoms with Crippen LogP contribution in [0.4, 0.5) is 0 Å². The lowest BCUT2D eigenvalue weighted by molar-refractivity contribution is -0.141. The quantitative estimate of drug-likeness (QED) is 0.394. The number of ether oxygens (including phenoxy) is 1. The molecule has 0 N–H and O–H groups in total. The standard InChI is InChI=1S/C10H17NO3/c1-13-10(12)7-8-14-11-9-5-3-2-4-6-9/h2-8H2,1H3. The van der Waals surface area contributed by atoms with Crippen molar-refractivity contribution in [2.24, 2.45) is 5.16 Å². The SMILES string of the molecule is COC(=O)CCON=C1CCCCC1. The van der Waals surface area contributed by atoms with Gasteiger partial charge in [-0.15, -0.1) is 0 Å². The van der Waals surface area contributed by atoms with Crippen molar-refractivity contribution in [3.8, 4) is 0 Å². The highest BCUT2D eigenvalue weighted by Gasteiger charge is 2.07. The Hall–Kier alpha value is -1.06. The van der Waals surface area contributed by atoms with E-state index in [1.807, 2.05) is 0 Å². The highest BCUT2D eigenvalue weighted by atomic mass is 16.6. The lowest BCUT2D eigenvalue weighted by Crippen LogP contribution is -2.07. The third-order valence-corrected chi connectivity index (χ3v) is 2.25. The molecule has 0 radical (unpaired) electrons. The van der Waals surface area contributed by atoms with Crippen LogP contribution in [0.2, 0.25) is 0 Å². The molecule has 0 aliphatic heterocycles. The molecule has 1 fully saturated rings. The first-order valence-corrected chi connectivity index (χ1v) is 5.07. The molecule has 0 atom stereocenters. The minimum atomic E-state index is -0.256. The number of oxime groups is 1. The van der Waals surface area contributed by atoms with Crippen molar-refractivity contribution in [1.82, 2.24) is 0 Å². The normalized spacial score (nSPS) is 16.2. The maximum Gasteiger partial charge on any atom is 0.309 e. The summed E-state index contributed by atoms with van der Waals surface area (Å²) in [6, 6.07) is 0. The largest absolute Gasteiger partial charge is 0.469 e. The Morgan fingerprint density at radius 1 is 1.36 bits per heavy atom. The summed E-state index contributed by atoms with van der Waals surface area (Å²) in [7, 11) is 1.37. The zero-order chi connectivity index (χ0) is 10.2. The average molecular weight is 199 g/mol. The van der Waals surface area contributed by atoms with Crippen LogP contribution >= 0.6 is 0 Å². The lowest BCUT2D eigenvalue weighted by Gasteiger charge is -2.11. The Bertz CT molecular complexity index is 205. The summed E-state index contributed by atoms with van der Waals surface area (Å²) >= 11 is 0. The summed E-state index contributed by atoms with van der Waals surface area (Å²) in [5, 5.41) is 4.00.